The molecule has 1 heterocycles. The number of fused-ring (bicyclic) bond motifs is 1. The number of ether oxygens (including phenoxy) is 1. The van der Waals surface area contributed by atoms with Crippen LogP contribution in [-0.2, 0) is 16.0 Å². The molecule has 3 rings (SSSR count). The Morgan fingerprint density at radius 2 is 1.92 bits per heavy atom. The van der Waals surface area contributed by atoms with E-state index in [0.29, 0.717) is 13.0 Å². The maximum absolute atomic E-state index is 12.6. The minimum Gasteiger partial charge on any atom is -0.497 e. The normalized spacial score (nSPS) is 18.9. The Labute approximate surface area is 151 Å². The van der Waals surface area contributed by atoms with Crippen LogP contribution < -0.4 is 15.4 Å². The van der Waals surface area contributed by atoms with Crippen LogP contribution in [0.25, 0.3) is 0 Å². The number of hydrogen-bond acceptors (Lipinski definition) is 4. The number of para-hydroxylation sites is 1. The van der Waals surface area contributed by atoms with Crippen LogP contribution in [0, 0.1) is 0 Å². The third kappa shape index (κ3) is 3.64. The van der Waals surface area contributed by atoms with E-state index in [1.54, 1.807) is 14.0 Å². The summed E-state index contributed by atoms with van der Waals surface area (Å²) in [4.78, 5) is 25.9. The maximum Gasteiger partial charge on any atom is 0.250 e. The number of carbonyl (C=O) groups excluding carboxylic acids is 2. The Hall–Kier alpha value is -2.47. The molecule has 130 valence electrons. The van der Waals surface area contributed by atoms with Crippen LogP contribution in [0.5, 0.6) is 5.75 Å². The van der Waals surface area contributed by atoms with Gasteiger partial charge in [-0.25, -0.2) is 0 Å². The highest BCUT2D eigenvalue weighted by Gasteiger charge is 2.45. The first kappa shape index (κ1) is 17.4. The summed E-state index contributed by atoms with van der Waals surface area (Å²) in [5, 5.41) is 5.70. The fraction of sp³-hybridized carbons (Fsp3) is 0.263. The Kier molecular flexibility index (Phi) is 4.99. The molecule has 25 heavy (non-hydrogen) atoms. The number of rotatable bonds is 5. The van der Waals surface area contributed by atoms with Gasteiger partial charge in [0.2, 0.25) is 11.8 Å². The second-order valence-corrected chi connectivity index (χ2v) is 7.40. The van der Waals surface area contributed by atoms with Gasteiger partial charge in [0.1, 0.15) is 5.75 Å². The average Bonchev–Trinajstić information content (AvgIpc) is 2.63. The van der Waals surface area contributed by atoms with Gasteiger partial charge in [-0.1, -0.05) is 36.0 Å². The van der Waals surface area contributed by atoms with E-state index in [-0.39, 0.29) is 11.8 Å². The number of carbonyl (C=O) groups is 2. The summed E-state index contributed by atoms with van der Waals surface area (Å²) in [6.07, 6.45) is 0.689. The first-order valence-corrected chi connectivity index (χ1v) is 8.85. The van der Waals surface area contributed by atoms with E-state index < -0.39 is 4.75 Å². The Morgan fingerprint density at radius 3 is 2.64 bits per heavy atom. The lowest BCUT2D eigenvalue weighted by atomic mass is 10.1. The van der Waals surface area contributed by atoms with E-state index in [0.717, 1.165) is 21.9 Å². The lowest BCUT2D eigenvalue weighted by molar-refractivity contribution is -0.129. The molecule has 0 radical (unpaired) electrons. The summed E-state index contributed by atoms with van der Waals surface area (Å²) in [7, 11) is 1.63. The van der Waals surface area contributed by atoms with Crippen LogP contribution in [0.4, 0.5) is 5.69 Å². The molecular weight excluding hydrogens is 336 g/mol. The molecule has 0 saturated heterocycles. The van der Waals surface area contributed by atoms with E-state index in [1.165, 1.54) is 11.8 Å². The molecule has 5 nitrogen and oxygen atoms in total. The minimum absolute atomic E-state index is 0.280. The van der Waals surface area contributed by atoms with Crippen molar-refractivity contribution >= 4 is 29.3 Å². The van der Waals surface area contributed by atoms with E-state index in [2.05, 4.69) is 10.6 Å². The SMILES string of the molecule is COc1ccc(CCNC(=O)C2(C)Sc3ccccc3NC2=O)cc1. The summed E-state index contributed by atoms with van der Waals surface area (Å²) in [5.74, 6) is 0.227. The lowest BCUT2D eigenvalue weighted by Gasteiger charge is -2.31. The van der Waals surface area contributed by atoms with Crippen molar-refractivity contribution in [2.75, 3.05) is 19.0 Å². The van der Waals surface area contributed by atoms with Gasteiger partial charge in [0.05, 0.1) is 12.8 Å². The van der Waals surface area contributed by atoms with Gasteiger partial charge in [0.15, 0.2) is 4.75 Å². The first-order valence-electron chi connectivity index (χ1n) is 8.03. The molecule has 0 fully saturated rings. The summed E-state index contributed by atoms with van der Waals surface area (Å²) in [5.41, 5.74) is 1.85. The van der Waals surface area contributed by atoms with Crippen molar-refractivity contribution < 1.29 is 14.3 Å². The first-order chi connectivity index (χ1) is 12.0. The smallest absolute Gasteiger partial charge is 0.250 e. The summed E-state index contributed by atoms with van der Waals surface area (Å²) in [6, 6.07) is 15.2. The molecule has 0 bridgehead atoms. The molecule has 1 aliphatic rings. The van der Waals surface area contributed by atoms with Crippen molar-refractivity contribution in [1.29, 1.82) is 0 Å². The average molecular weight is 356 g/mol. The van der Waals surface area contributed by atoms with Crippen molar-refractivity contribution in [2.45, 2.75) is 23.0 Å². The fourth-order valence-corrected chi connectivity index (χ4v) is 3.72. The summed E-state index contributed by atoms with van der Waals surface area (Å²) in [6.45, 7) is 2.13. The zero-order chi connectivity index (χ0) is 17.9. The largest absolute Gasteiger partial charge is 0.497 e. The van der Waals surface area contributed by atoms with Crippen molar-refractivity contribution in [3.8, 4) is 5.75 Å². The number of nitrogens with one attached hydrogen (secondary N) is 2. The van der Waals surface area contributed by atoms with Gasteiger partial charge < -0.3 is 15.4 Å². The number of methoxy groups -OCH3 is 1. The molecule has 0 saturated carbocycles. The van der Waals surface area contributed by atoms with Crippen molar-refractivity contribution in [3.05, 3.63) is 54.1 Å². The van der Waals surface area contributed by atoms with Crippen LogP contribution in [0.2, 0.25) is 0 Å². The van der Waals surface area contributed by atoms with E-state index in [9.17, 15) is 9.59 Å². The topological polar surface area (TPSA) is 67.4 Å². The summed E-state index contributed by atoms with van der Waals surface area (Å²) >= 11 is 1.29. The predicted molar refractivity (Wildman–Crippen MR) is 99.0 cm³/mol. The van der Waals surface area contributed by atoms with Gasteiger partial charge in [-0.15, -0.1) is 0 Å². The number of thioether (sulfide) groups is 1. The van der Waals surface area contributed by atoms with Gasteiger partial charge >= 0.3 is 0 Å². The third-order valence-electron chi connectivity index (χ3n) is 4.17. The number of benzene rings is 2. The fourth-order valence-electron chi connectivity index (χ4n) is 2.60. The van der Waals surface area contributed by atoms with Gasteiger partial charge in [0, 0.05) is 11.4 Å². The quantitative estimate of drug-likeness (QED) is 0.809. The molecular formula is C19H20N2O3S. The van der Waals surface area contributed by atoms with Crippen molar-refractivity contribution in [2.24, 2.45) is 0 Å². The van der Waals surface area contributed by atoms with Gasteiger partial charge in [-0.3, -0.25) is 9.59 Å². The second-order valence-electron chi connectivity index (χ2n) is 5.94. The van der Waals surface area contributed by atoms with Crippen LogP contribution in [0.3, 0.4) is 0 Å². The molecule has 1 aliphatic heterocycles. The minimum atomic E-state index is -1.17. The highest BCUT2D eigenvalue weighted by Crippen LogP contribution is 2.42. The van der Waals surface area contributed by atoms with Crippen LogP contribution in [0.15, 0.2) is 53.4 Å². The van der Waals surface area contributed by atoms with Gasteiger partial charge in [-0.2, -0.15) is 0 Å². The molecule has 1 unspecified atom stereocenters. The zero-order valence-corrected chi connectivity index (χ0v) is 15.0. The van der Waals surface area contributed by atoms with E-state index >= 15 is 0 Å². The van der Waals surface area contributed by atoms with Crippen LogP contribution in [-0.4, -0.2) is 30.2 Å². The Bertz CT molecular complexity index is 792. The predicted octanol–water partition coefficient (Wildman–Crippen LogP) is 2.86. The number of hydrogen-bond donors (Lipinski definition) is 2. The standard InChI is InChI=1S/C19H20N2O3S/c1-19(18(23)21-15-5-3-4-6-16(15)25-19)17(22)20-12-11-13-7-9-14(24-2)10-8-13/h3-10H,11-12H2,1-2H3,(H,20,22)(H,21,23). The van der Waals surface area contributed by atoms with E-state index in [4.69, 9.17) is 4.74 Å². The molecule has 2 aromatic rings. The molecule has 6 heteroatoms. The number of amides is 2. The molecule has 2 aromatic carbocycles. The maximum atomic E-state index is 12.6. The van der Waals surface area contributed by atoms with Gasteiger partial charge in [0.25, 0.3) is 0 Å². The van der Waals surface area contributed by atoms with Crippen LogP contribution >= 0.6 is 11.8 Å². The lowest BCUT2D eigenvalue weighted by Crippen LogP contribution is -2.52. The molecule has 0 aliphatic carbocycles. The van der Waals surface area contributed by atoms with E-state index in [1.807, 2.05) is 48.5 Å². The van der Waals surface area contributed by atoms with Crippen LogP contribution in [0.1, 0.15) is 12.5 Å². The van der Waals surface area contributed by atoms with Crippen molar-refractivity contribution in [1.82, 2.24) is 5.32 Å². The molecule has 2 N–H and O–H groups in total. The van der Waals surface area contributed by atoms with Gasteiger partial charge in [-0.05, 0) is 43.2 Å². The third-order valence-corrected chi connectivity index (χ3v) is 5.53. The zero-order valence-electron chi connectivity index (χ0n) is 14.2. The summed E-state index contributed by atoms with van der Waals surface area (Å²) < 4.78 is 3.96. The Balaban J connectivity index is 1.61. The number of anilines is 1. The highest BCUT2D eigenvalue weighted by atomic mass is 32.2. The Morgan fingerprint density at radius 1 is 1.20 bits per heavy atom. The molecule has 0 aromatic heterocycles. The highest BCUT2D eigenvalue weighted by molar-refractivity contribution is 8.02. The molecule has 1 atom stereocenters. The monoisotopic (exact) mass is 356 g/mol. The van der Waals surface area contributed by atoms with Crippen molar-refractivity contribution in [3.63, 3.8) is 0 Å². The second kappa shape index (κ2) is 7.19. The molecule has 2 amide bonds. The molecule has 0 spiro atoms.